The van der Waals surface area contributed by atoms with Crippen LogP contribution in [0.4, 0.5) is 5.69 Å². The van der Waals surface area contributed by atoms with E-state index in [-0.39, 0.29) is 29.1 Å². The third-order valence-electron chi connectivity index (χ3n) is 5.68. The number of fused-ring (bicyclic) bond motifs is 4. The van der Waals surface area contributed by atoms with Gasteiger partial charge in [0.2, 0.25) is 5.91 Å². The second kappa shape index (κ2) is 7.21. The number of hydrogen-bond acceptors (Lipinski definition) is 5. The molecule has 3 aromatic rings. The summed E-state index contributed by atoms with van der Waals surface area (Å²) < 4.78 is 0. The van der Waals surface area contributed by atoms with Gasteiger partial charge in [-0.3, -0.25) is 19.7 Å². The first-order chi connectivity index (χ1) is 14.9. The smallest absolute Gasteiger partial charge is 0.270 e. The second-order valence-electron chi connectivity index (χ2n) is 7.47. The molecular formula is C21H16ClN5O4. The number of benzene rings is 2. The van der Waals surface area contributed by atoms with Crippen LogP contribution in [0.5, 0.6) is 0 Å². The van der Waals surface area contributed by atoms with Crippen molar-refractivity contribution in [2.75, 3.05) is 6.54 Å². The Kier molecular flexibility index (Phi) is 4.48. The van der Waals surface area contributed by atoms with Gasteiger partial charge in [-0.1, -0.05) is 29.8 Å². The predicted molar refractivity (Wildman–Crippen MR) is 114 cm³/mol. The van der Waals surface area contributed by atoms with Gasteiger partial charge in [0, 0.05) is 45.7 Å². The Balaban J connectivity index is 1.44. The van der Waals surface area contributed by atoms with Crippen molar-refractivity contribution in [2.45, 2.75) is 19.0 Å². The number of nitrogens with one attached hydrogen (secondary N) is 1. The van der Waals surface area contributed by atoms with Gasteiger partial charge >= 0.3 is 0 Å². The number of aromatic amines is 1. The van der Waals surface area contributed by atoms with E-state index in [4.69, 9.17) is 11.6 Å². The van der Waals surface area contributed by atoms with Crippen LogP contribution in [0.2, 0.25) is 5.02 Å². The van der Waals surface area contributed by atoms with Crippen LogP contribution in [-0.4, -0.2) is 50.4 Å². The first-order valence-corrected chi connectivity index (χ1v) is 9.97. The highest BCUT2D eigenvalue weighted by atomic mass is 35.5. The van der Waals surface area contributed by atoms with Crippen molar-refractivity contribution in [3.63, 3.8) is 0 Å². The van der Waals surface area contributed by atoms with Crippen molar-refractivity contribution >= 4 is 46.2 Å². The van der Waals surface area contributed by atoms with Crippen molar-refractivity contribution in [1.29, 1.82) is 0 Å². The van der Waals surface area contributed by atoms with Crippen molar-refractivity contribution in [2.24, 2.45) is 5.10 Å². The molecule has 9 nitrogen and oxygen atoms in total. The van der Waals surface area contributed by atoms with Crippen LogP contribution in [0.1, 0.15) is 16.8 Å². The maximum absolute atomic E-state index is 13.1. The van der Waals surface area contributed by atoms with E-state index in [0.29, 0.717) is 18.5 Å². The zero-order valence-corrected chi connectivity index (χ0v) is 16.9. The van der Waals surface area contributed by atoms with Crippen LogP contribution < -0.4 is 0 Å². The number of carbonyl (C=O) groups is 2. The highest BCUT2D eigenvalue weighted by Gasteiger charge is 2.43. The molecule has 0 aliphatic carbocycles. The molecule has 1 aromatic heterocycles. The number of aromatic nitrogens is 1. The summed E-state index contributed by atoms with van der Waals surface area (Å²) in [5.74, 6) is -0.510. The monoisotopic (exact) mass is 437 g/mol. The van der Waals surface area contributed by atoms with Crippen LogP contribution in [-0.2, 0) is 22.6 Å². The third-order valence-corrected chi connectivity index (χ3v) is 6.02. The molecule has 5 rings (SSSR count). The molecule has 2 aliphatic heterocycles. The molecule has 31 heavy (non-hydrogen) atoms. The van der Waals surface area contributed by atoms with Crippen LogP contribution in [0.15, 0.2) is 47.6 Å². The molecule has 1 fully saturated rings. The zero-order chi connectivity index (χ0) is 21.7. The van der Waals surface area contributed by atoms with Gasteiger partial charge in [0.25, 0.3) is 11.6 Å². The van der Waals surface area contributed by atoms with E-state index >= 15 is 0 Å². The van der Waals surface area contributed by atoms with Crippen molar-refractivity contribution < 1.29 is 14.5 Å². The Hall–Kier alpha value is -3.72. The molecule has 2 aliphatic rings. The summed E-state index contributed by atoms with van der Waals surface area (Å²) in [4.78, 5) is 41.3. The number of non-ortho nitro benzene ring substituents is 1. The average molecular weight is 438 g/mol. The van der Waals surface area contributed by atoms with Gasteiger partial charge in [-0.15, -0.1) is 0 Å². The lowest BCUT2D eigenvalue weighted by molar-refractivity contribution is -0.384. The molecular weight excluding hydrogens is 422 g/mol. The van der Waals surface area contributed by atoms with E-state index in [0.717, 1.165) is 27.2 Å². The average Bonchev–Trinajstić information content (AvgIpc) is 3.12. The van der Waals surface area contributed by atoms with Crippen molar-refractivity contribution in [3.8, 4) is 0 Å². The molecule has 0 spiro atoms. The summed E-state index contributed by atoms with van der Waals surface area (Å²) in [6.07, 6.45) is 1.67. The first kappa shape index (κ1) is 19.3. The number of hydrazone groups is 1. The molecule has 0 saturated carbocycles. The van der Waals surface area contributed by atoms with Crippen LogP contribution in [0.3, 0.4) is 0 Å². The summed E-state index contributed by atoms with van der Waals surface area (Å²) in [5.41, 5.74) is 3.10. The number of nitrogens with zero attached hydrogens (tertiary/aromatic N) is 4. The van der Waals surface area contributed by atoms with E-state index in [9.17, 15) is 19.7 Å². The minimum absolute atomic E-state index is 0.141. The van der Waals surface area contributed by atoms with Crippen molar-refractivity contribution in [3.05, 3.63) is 74.4 Å². The Morgan fingerprint density at radius 3 is 2.81 bits per heavy atom. The van der Waals surface area contributed by atoms with Gasteiger partial charge in [0.05, 0.1) is 17.7 Å². The lowest BCUT2D eigenvalue weighted by atomic mass is 9.94. The maximum atomic E-state index is 13.1. The number of H-pyrrole nitrogens is 1. The largest absolute Gasteiger partial charge is 0.357 e. The lowest BCUT2D eigenvalue weighted by Gasteiger charge is -2.40. The van der Waals surface area contributed by atoms with Gasteiger partial charge in [-0.2, -0.15) is 5.10 Å². The third kappa shape index (κ3) is 3.23. The molecule has 0 unspecified atom stereocenters. The minimum atomic E-state index is -0.648. The molecule has 2 aromatic carbocycles. The summed E-state index contributed by atoms with van der Waals surface area (Å²) in [6, 6.07) is 11.1. The number of amides is 2. The predicted octanol–water partition coefficient (Wildman–Crippen LogP) is 2.86. The maximum Gasteiger partial charge on any atom is 0.270 e. The lowest BCUT2D eigenvalue weighted by Crippen LogP contribution is -2.60. The number of hydrogen-bond donors (Lipinski definition) is 1. The summed E-state index contributed by atoms with van der Waals surface area (Å²) in [5, 5.41) is 17.5. The van der Waals surface area contributed by atoms with Gasteiger partial charge in [0.1, 0.15) is 12.6 Å². The Morgan fingerprint density at radius 2 is 2.00 bits per heavy atom. The fraction of sp³-hybridized carbons (Fsp3) is 0.190. The minimum Gasteiger partial charge on any atom is -0.357 e. The second-order valence-corrected chi connectivity index (χ2v) is 7.88. The molecule has 156 valence electrons. The molecule has 10 heteroatoms. The Morgan fingerprint density at radius 1 is 1.19 bits per heavy atom. The molecule has 1 N–H and O–H groups in total. The highest BCUT2D eigenvalue weighted by Crippen LogP contribution is 2.32. The van der Waals surface area contributed by atoms with E-state index in [2.05, 4.69) is 10.1 Å². The number of carbonyl (C=O) groups excluding carboxylic acids is 2. The number of rotatable bonds is 3. The van der Waals surface area contributed by atoms with E-state index < -0.39 is 11.0 Å². The van der Waals surface area contributed by atoms with Gasteiger partial charge in [-0.25, -0.2) is 5.01 Å². The molecule has 0 radical (unpaired) electrons. The quantitative estimate of drug-likeness (QED) is 0.385. The summed E-state index contributed by atoms with van der Waals surface area (Å²) in [6.45, 7) is 0.140. The number of para-hydroxylation sites is 1. The van der Waals surface area contributed by atoms with E-state index in [1.807, 2.05) is 24.3 Å². The first-order valence-electron chi connectivity index (χ1n) is 9.59. The molecule has 3 heterocycles. The van der Waals surface area contributed by atoms with E-state index in [1.54, 1.807) is 4.90 Å². The van der Waals surface area contributed by atoms with Crippen molar-refractivity contribution in [1.82, 2.24) is 14.9 Å². The zero-order valence-electron chi connectivity index (χ0n) is 16.1. The molecule has 2 amide bonds. The number of nitro benzene ring substituents is 1. The van der Waals surface area contributed by atoms with Gasteiger partial charge in [0.15, 0.2) is 0 Å². The van der Waals surface area contributed by atoms with E-state index in [1.165, 1.54) is 24.4 Å². The Bertz CT molecular complexity index is 1280. The van der Waals surface area contributed by atoms with Gasteiger partial charge in [-0.05, 0) is 17.7 Å². The van der Waals surface area contributed by atoms with Gasteiger partial charge < -0.3 is 9.88 Å². The number of piperazine rings is 1. The Labute approximate surface area is 181 Å². The fourth-order valence-electron chi connectivity index (χ4n) is 4.13. The normalized spacial score (nSPS) is 18.5. The standard InChI is InChI=1S/C21H16ClN5O4/c22-16-6-5-13(27(30)31)7-12(16)9-23-26-11-20(28)25-10-18-15(8-19(25)21(26)29)14-3-1-2-4-17(14)24-18/h1-7,9,19,24H,8,10-11H2/b23-9-/t19-/m1/s1. The fourth-order valence-corrected chi connectivity index (χ4v) is 4.30. The molecule has 1 saturated heterocycles. The topological polar surface area (TPSA) is 112 Å². The van der Waals surface area contributed by atoms with Crippen LogP contribution in [0, 0.1) is 10.1 Å². The molecule has 0 bridgehead atoms. The van der Waals surface area contributed by atoms with Crippen LogP contribution in [0.25, 0.3) is 10.9 Å². The number of halogens is 1. The summed E-state index contributed by atoms with van der Waals surface area (Å²) in [7, 11) is 0. The number of nitro groups is 1. The molecule has 1 atom stereocenters. The SMILES string of the molecule is O=C1[C@H]2Cc3c([nH]c4ccccc34)CN2C(=O)CN1/N=C\c1cc([N+](=O)[O-])ccc1Cl. The highest BCUT2D eigenvalue weighted by molar-refractivity contribution is 6.33. The summed E-state index contributed by atoms with van der Waals surface area (Å²) >= 11 is 6.10. The van der Waals surface area contributed by atoms with Crippen LogP contribution >= 0.6 is 11.6 Å².